The quantitative estimate of drug-likeness (QED) is 0.184. The van der Waals surface area contributed by atoms with Crippen molar-refractivity contribution in [2.75, 3.05) is 23.8 Å². The minimum absolute atomic E-state index is 0.185. The van der Waals surface area contributed by atoms with Crippen LogP contribution in [-0.4, -0.2) is 39.3 Å². The first-order valence-corrected chi connectivity index (χ1v) is 14.7. The van der Waals surface area contributed by atoms with Crippen molar-refractivity contribution in [3.05, 3.63) is 91.5 Å². The number of tetrazole rings is 1. The van der Waals surface area contributed by atoms with Crippen LogP contribution in [0.3, 0.4) is 0 Å². The number of carbonyl (C=O) groups excluding carboxylic acids is 1. The SMILES string of the molecule is CCOc1ccccc1NC(=O)C1=C(C)Nc2nnnn2C1c1cc(Br)c(OCc2ccc(Cl)cc2Cl)c(OCC)c1. The molecule has 3 aromatic carbocycles. The molecule has 13 heteroatoms. The summed E-state index contributed by atoms with van der Waals surface area (Å²) < 4.78 is 20.1. The lowest BCUT2D eigenvalue weighted by Crippen LogP contribution is -2.31. The van der Waals surface area contributed by atoms with Gasteiger partial charge in [-0.05, 0) is 89.1 Å². The van der Waals surface area contributed by atoms with E-state index in [1.807, 2.05) is 44.2 Å². The van der Waals surface area contributed by atoms with E-state index in [2.05, 4.69) is 42.1 Å². The fourth-order valence-electron chi connectivity index (χ4n) is 4.59. The van der Waals surface area contributed by atoms with Crippen LogP contribution in [0.5, 0.6) is 17.2 Å². The van der Waals surface area contributed by atoms with Crippen LogP contribution in [-0.2, 0) is 11.4 Å². The van der Waals surface area contributed by atoms with Gasteiger partial charge in [0, 0.05) is 21.3 Å². The second-order valence-corrected chi connectivity index (χ2v) is 10.9. The Kier molecular flexibility index (Phi) is 9.20. The number of allylic oxidation sites excluding steroid dienone is 1. The predicted molar refractivity (Wildman–Crippen MR) is 165 cm³/mol. The van der Waals surface area contributed by atoms with Gasteiger partial charge in [0.1, 0.15) is 18.4 Å². The molecule has 2 N–H and O–H groups in total. The van der Waals surface area contributed by atoms with E-state index in [1.54, 1.807) is 35.9 Å². The average Bonchev–Trinajstić information content (AvgIpc) is 3.42. The van der Waals surface area contributed by atoms with Crippen LogP contribution < -0.4 is 24.8 Å². The average molecular weight is 674 g/mol. The van der Waals surface area contributed by atoms with E-state index in [0.717, 1.165) is 5.56 Å². The number of rotatable bonds is 10. The number of fused-ring (bicyclic) bond motifs is 1. The summed E-state index contributed by atoms with van der Waals surface area (Å²) in [5, 5.41) is 19.3. The molecule has 4 aromatic rings. The Hall–Kier alpha value is -3.80. The van der Waals surface area contributed by atoms with E-state index in [4.69, 9.17) is 37.4 Å². The number of benzene rings is 3. The number of amides is 1. The Labute approximate surface area is 261 Å². The minimum Gasteiger partial charge on any atom is -0.492 e. The topological polar surface area (TPSA) is 112 Å². The molecule has 1 aromatic heterocycles. The molecule has 0 spiro atoms. The molecule has 2 heterocycles. The van der Waals surface area contributed by atoms with Gasteiger partial charge in [-0.3, -0.25) is 4.79 Å². The molecule has 0 saturated carbocycles. The Morgan fingerprint density at radius 3 is 2.57 bits per heavy atom. The maximum Gasteiger partial charge on any atom is 0.255 e. The standard InChI is InChI=1S/C29H27BrCl2N6O4/c1-4-40-23-9-7-6-8-22(23)34-28(39)25-16(3)33-29-35-36-37-38(29)26(25)18-12-20(30)27(24(13-18)41-5-2)42-15-17-10-11-19(31)14-21(17)32/h6-14,26H,4-5,15H2,1-3H3,(H,34,39)(H,33,35,37). The van der Waals surface area contributed by atoms with E-state index in [9.17, 15) is 4.79 Å². The molecule has 1 atom stereocenters. The van der Waals surface area contributed by atoms with Crippen molar-refractivity contribution < 1.29 is 19.0 Å². The highest BCUT2D eigenvalue weighted by molar-refractivity contribution is 9.10. The zero-order valence-corrected chi connectivity index (χ0v) is 26.0. The number of ether oxygens (including phenoxy) is 3. The van der Waals surface area contributed by atoms with Crippen LogP contribution in [0.1, 0.15) is 37.9 Å². The van der Waals surface area contributed by atoms with E-state index in [-0.39, 0.29) is 12.5 Å². The number of anilines is 2. The smallest absolute Gasteiger partial charge is 0.255 e. The maximum atomic E-state index is 13.9. The summed E-state index contributed by atoms with van der Waals surface area (Å²) >= 11 is 16.1. The Morgan fingerprint density at radius 2 is 1.81 bits per heavy atom. The van der Waals surface area contributed by atoms with Crippen molar-refractivity contribution in [2.24, 2.45) is 0 Å². The lowest BCUT2D eigenvalue weighted by molar-refractivity contribution is -0.113. The molecule has 1 amide bonds. The number of carbonyl (C=O) groups is 1. The molecule has 1 aliphatic heterocycles. The van der Waals surface area contributed by atoms with Crippen LogP contribution in [0.25, 0.3) is 0 Å². The van der Waals surface area contributed by atoms with Crippen LogP contribution in [0.15, 0.2) is 70.3 Å². The van der Waals surface area contributed by atoms with Crippen molar-refractivity contribution in [3.8, 4) is 17.2 Å². The summed E-state index contributed by atoms with van der Waals surface area (Å²) in [4.78, 5) is 13.9. The first kappa shape index (κ1) is 29.7. The third kappa shape index (κ3) is 6.18. The molecular weight excluding hydrogens is 647 g/mol. The molecule has 0 radical (unpaired) electrons. The number of hydrogen-bond acceptors (Lipinski definition) is 8. The first-order valence-electron chi connectivity index (χ1n) is 13.1. The van der Waals surface area contributed by atoms with Crippen molar-refractivity contribution in [3.63, 3.8) is 0 Å². The van der Waals surface area contributed by atoms with Gasteiger partial charge in [-0.2, -0.15) is 4.68 Å². The fourth-order valence-corrected chi connectivity index (χ4v) is 5.63. The lowest BCUT2D eigenvalue weighted by atomic mass is 9.94. The number of para-hydroxylation sites is 2. The lowest BCUT2D eigenvalue weighted by Gasteiger charge is -2.29. The molecule has 0 saturated heterocycles. The molecule has 10 nitrogen and oxygen atoms in total. The number of aromatic nitrogens is 4. The summed E-state index contributed by atoms with van der Waals surface area (Å²) in [6.07, 6.45) is 0. The molecule has 0 bridgehead atoms. The summed E-state index contributed by atoms with van der Waals surface area (Å²) in [5.41, 5.74) is 3.02. The van der Waals surface area contributed by atoms with Crippen LogP contribution in [0.2, 0.25) is 10.0 Å². The van der Waals surface area contributed by atoms with Gasteiger partial charge in [-0.15, -0.1) is 0 Å². The van der Waals surface area contributed by atoms with Crippen LogP contribution in [0.4, 0.5) is 11.6 Å². The van der Waals surface area contributed by atoms with E-state index in [1.165, 1.54) is 0 Å². The fraction of sp³-hybridized carbons (Fsp3) is 0.241. The molecule has 0 aliphatic carbocycles. The van der Waals surface area contributed by atoms with Crippen molar-refractivity contribution >= 4 is 56.7 Å². The molecule has 1 aliphatic rings. The molecule has 0 fully saturated rings. The monoisotopic (exact) mass is 672 g/mol. The predicted octanol–water partition coefficient (Wildman–Crippen LogP) is 7.05. The minimum atomic E-state index is -0.689. The highest BCUT2D eigenvalue weighted by Crippen LogP contribution is 2.43. The van der Waals surface area contributed by atoms with E-state index < -0.39 is 6.04 Å². The largest absolute Gasteiger partial charge is 0.492 e. The van der Waals surface area contributed by atoms with Crippen molar-refractivity contribution in [1.82, 2.24) is 20.2 Å². The molecule has 218 valence electrons. The maximum absolute atomic E-state index is 13.9. The van der Waals surface area contributed by atoms with Gasteiger partial charge in [0.15, 0.2) is 11.5 Å². The van der Waals surface area contributed by atoms with Gasteiger partial charge in [-0.25, -0.2) is 0 Å². The Bertz CT molecular complexity index is 1660. The van der Waals surface area contributed by atoms with Gasteiger partial charge >= 0.3 is 0 Å². The third-order valence-corrected chi connectivity index (χ3v) is 7.60. The number of nitrogens with zero attached hydrogens (tertiary/aromatic N) is 4. The molecule has 5 rings (SSSR count). The van der Waals surface area contributed by atoms with Gasteiger partial charge in [0.25, 0.3) is 5.91 Å². The molecule has 1 unspecified atom stereocenters. The highest BCUT2D eigenvalue weighted by Gasteiger charge is 2.35. The van der Waals surface area contributed by atoms with Gasteiger partial charge < -0.3 is 24.8 Å². The van der Waals surface area contributed by atoms with Gasteiger partial charge in [-0.1, -0.05) is 46.5 Å². The van der Waals surface area contributed by atoms with E-state index in [0.29, 0.717) is 73.4 Å². The van der Waals surface area contributed by atoms with Crippen LogP contribution >= 0.6 is 39.1 Å². The van der Waals surface area contributed by atoms with E-state index >= 15 is 0 Å². The highest BCUT2D eigenvalue weighted by atomic mass is 79.9. The first-order chi connectivity index (χ1) is 20.3. The Balaban J connectivity index is 1.53. The second kappa shape index (κ2) is 13.0. The molecule has 42 heavy (non-hydrogen) atoms. The normalized spacial score (nSPS) is 14.2. The summed E-state index contributed by atoms with van der Waals surface area (Å²) in [5.74, 6) is 1.58. The molecular formula is C29H27BrCl2N6O4. The number of hydrogen-bond donors (Lipinski definition) is 2. The summed E-state index contributed by atoms with van der Waals surface area (Å²) in [6.45, 7) is 6.59. The van der Waals surface area contributed by atoms with Crippen molar-refractivity contribution in [2.45, 2.75) is 33.4 Å². The summed E-state index contributed by atoms with van der Waals surface area (Å²) in [7, 11) is 0. The number of nitrogens with one attached hydrogen (secondary N) is 2. The summed E-state index contributed by atoms with van der Waals surface area (Å²) in [6, 6.07) is 15.5. The van der Waals surface area contributed by atoms with Crippen molar-refractivity contribution in [1.29, 1.82) is 0 Å². The van der Waals surface area contributed by atoms with Crippen LogP contribution in [0, 0.1) is 0 Å². The zero-order valence-electron chi connectivity index (χ0n) is 23.0. The second-order valence-electron chi connectivity index (χ2n) is 9.18. The Morgan fingerprint density at radius 1 is 1.05 bits per heavy atom. The zero-order chi connectivity index (χ0) is 29.8. The third-order valence-electron chi connectivity index (χ3n) is 6.43. The van der Waals surface area contributed by atoms with Gasteiger partial charge in [0.05, 0.1) is 28.9 Å². The van der Waals surface area contributed by atoms with Gasteiger partial charge in [0.2, 0.25) is 5.95 Å². The number of halogens is 3.